The third-order valence-electron chi connectivity index (χ3n) is 2.90. The number of hydrogen-bond donors (Lipinski definition) is 1. The van der Waals surface area contributed by atoms with Gasteiger partial charge in [-0.25, -0.2) is 4.79 Å². The first-order chi connectivity index (χ1) is 8.90. The van der Waals surface area contributed by atoms with Crippen LogP contribution in [0.1, 0.15) is 32.4 Å². The second-order valence-electron chi connectivity index (χ2n) is 5.56. The van der Waals surface area contributed by atoms with Crippen molar-refractivity contribution < 1.29 is 14.6 Å². The summed E-state index contributed by atoms with van der Waals surface area (Å²) in [4.78, 5) is 13.7. The molecule has 1 aromatic heterocycles. The van der Waals surface area contributed by atoms with Crippen LogP contribution in [0.5, 0.6) is 0 Å². The van der Waals surface area contributed by atoms with Gasteiger partial charge in [-0.15, -0.1) is 10.2 Å². The van der Waals surface area contributed by atoms with Gasteiger partial charge in [-0.2, -0.15) is 0 Å². The highest BCUT2D eigenvalue weighted by atomic mass is 16.6. The lowest BCUT2D eigenvalue weighted by Gasteiger charge is -2.26. The molecule has 0 saturated carbocycles. The second-order valence-corrected chi connectivity index (χ2v) is 5.56. The van der Waals surface area contributed by atoms with E-state index >= 15 is 0 Å². The molecule has 0 bridgehead atoms. The summed E-state index contributed by atoms with van der Waals surface area (Å²) in [5.41, 5.74) is -0.491. The highest BCUT2D eigenvalue weighted by molar-refractivity contribution is 5.68. The Morgan fingerprint density at radius 1 is 1.32 bits per heavy atom. The number of rotatable bonds is 1. The fourth-order valence-electron chi connectivity index (χ4n) is 2.01. The van der Waals surface area contributed by atoms with Crippen molar-refractivity contribution in [3.63, 3.8) is 0 Å². The maximum absolute atomic E-state index is 12.0. The van der Waals surface area contributed by atoms with E-state index in [-0.39, 0.29) is 12.7 Å². The number of aliphatic hydroxyl groups excluding tert-OH is 1. The van der Waals surface area contributed by atoms with Crippen molar-refractivity contribution >= 4 is 6.09 Å². The summed E-state index contributed by atoms with van der Waals surface area (Å²) < 4.78 is 7.22. The van der Waals surface area contributed by atoms with Gasteiger partial charge in [0, 0.05) is 26.1 Å². The minimum Gasteiger partial charge on any atom is -0.444 e. The van der Waals surface area contributed by atoms with Crippen molar-refractivity contribution in [1.29, 1.82) is 0 Å². The van der Waals surface area contributed by atoms with E-state index < -0.39 is 5.60 Å². The highest BCUT2D eigenvalue weighted by Gasteiger charge is 2.25. The summed E-state index contributed by atoms with van der Waals surface area (Å²) in [6.45, 7) is 7.08. The van der Waals surface area contributed by atoms with Crippen LogP contribution in [0.4, 0.5) is 4.79 Å². The number of nitrogens with zero attached hydrogens (tertiary/aromatic N) is 4. The highest BCUT2D eigenvalue weighted by Crippen LogP contribution is 2.14. The Labute approximate surface area is 112 Å². The molecule has 7 heteroatoms. The molecule has 7 nitrogen and oxygen atoms in total. The first kappa shape index (κ1) is 13.8. The van der Waals surface area contributed by atoms with Gasteiger partial charge in [0.25, 0.3) is 0 Å². The summed E-state index contributed by atoms with van der Waals surface area (Å²) in [6, 6.07) is 0. The van der Waals surface area contributed by atoms with Gasteiger partial charge in [-0.1, -0.05) is 0 Å². The summed E-state index contributed by atoms with van der Waals surface area (Å²) >= 11 is 0. The number of aliphatic hydroxyl groups is 1. The predicted molar refractivity (Wildman–Crippen MR) is 67.5 cm³/mol. The Balaban J connectivity index is 2.03. The zero-order chi connectivity index (χ0) is 14.0. The summed E-state index contributed by atoms with van der Waals surface area (Å²) in [7, 11) is 0. The van der Waals surface area contributed by atoms with Crippen molar-refractivity contribution in [2.75, 3.05) is 13.1 Å². The van der Waals surface area contributed by atoms with Gasteiger partial charge in [-0.05, 0) is 20.8 Å². The van der Waals surface area contributed by atoms with Gasteiger partial charge in [0.1, 0.15) is 18.0 Å². The largest absolute Gasteiger partial charge is 0.444 e. The van der Waals surface area contributed by atoms with E-state index in [2.05, 4.69) is 10.2 Å². The van der Waals surface area contributed by atoms with Gasteiger partial charge in [0.05, 0.1) is 0 Å². The Bertz CT molecular complexity index is 464. The maximum atomic E-state index is 12.0. The molecule has 1 N–H and O–H groups in total. The Hall–Kier alpha value is -1.63. The van der Waals surface area contributed by atoms with E-state index in [1.54, 1.807) is 4.90 Å². The Morgan fingerprint density at radius 2 is 2.05 bits per heavy atom. The first-order valence-corrected chi connectivity index (χ1v) is 6.40. The van der Waals surface area contributed by atoms with Crippen LogP contribution in [-0.2, 0) is 24.3 Å². The molecule has 2 heterocycles. The lowest BCUT2D eigenvalue weighted by atomic mass is 10.2. The summed E-state index contributed by atoms with van der Waals surface area (Å²) in [5.74, 6) is 1.34. The van der Waals surface area contributed by atoms with E-state index in [4.69, 9.17) is 4.74 Å². The van der Waals surface area contributed by atoms with Crippen molar-refractivity contribution in [2.45, 2.75) is 45.9 Å². The smallest absolute Gasteiger partial charge is 0.410 e. The van der Waals surface area contributed by atoms with Gasteiger partial charge in [0.15, 0.2) is 5.82 Å². The van der Waals surface area contributed by atoms with Gasteiger partial charge in [0.2, 0.25) is 0 Å². The average Bonchev–Trinajstić information content (AvgIpc) is 2.57. The molecule has 106 valence electrons. The number of carbonyl (C=O) groups is 1. The molecule has 0 unspecified atom stereocenters. The SMILES string of the molecule is CC(C)(C)OC(=O)N1CCc2nnc(CO)n2CC1. The lowest BCUT2D eigenvalue weighted by Crippen LogP contribution is -2.38. The minimum absolute atomic E-state index is 0.139. The Morgan fingerprint density at radius 3 is 2.68 bits per heavy atom. The van der Waals surface area contributed by atoms with Crippen LogP contribution in [0, 0.1) is 0 Å². The number of fused-ring (bicyclic) bond motifs is 1. The van der Waals surface area contributed by atoms with Crippen molar-refractivity contribution in [1.82, 2.24) is 19.7 Å². The molecule has 0 radical (unpaired) electrons. The minimum atomic E-state index is -0.491. The summed E-state index contributed by atoms with van der Waals surface area (Å²) in [5, 5.41) is 17.1. The number of hydrogen-bond acceptors (Lipinski definition) is 5. The monoisotopic (exact) mass is 268 g/mol. The lowest BCUT2D eigenvalue weighted by molar-refractivity contribution is 0.0253. The normalized spacial score (nSPS) is 15.9. The molecular formula is C12H20N4O3. The zero-order valence-corrected chi connectivity index (χ0v) is 11.6. The van der Waals surface area contributed by atoms with Crippen LogP contribution in [0.3, 0.4) is 0 Å². The molecule has 1 amide bonds. The van der Waals surface area contributed by atoms with E-state index in [1.807, 2.05) is 25.3 Å². The topological polar surface area (TPSA) is 80.5 Å². The molecule has 0 fully saturated rings. The third-order valence-corrected chi connectivity index (χ3v) is 2.90. The molecule has 1 aromatic rings. The van der Waals surface area contributed by atoms with Crippen LogP contribution in [-0.4, -0.2) is 49.6 Å². The first-order valence-electron chi connectivity index (χ1n) is 6.40. The van der Waals surface area contributed by atoms with Gasteiger partial charge in [-0.3, -0.25) is 0 Å². The molecule has 19 heavy (non-hydrogen) atoms. The van der Waals surface area contributed by atoms with Crippen LogP contribution in [0.2, 0.25) is 0 Å². The fraction of sp³-hybridized carbons (Fsp3) is 0.750. The standard InChI is InChI=1S/C12H20N4O3/c1-12(2,3)19-11(18)15-5-4-9-13-14-10(8-17)16(9)7-6-15/h17H,4-8H2,1-3H3. The van der Waals surface area contributed by atoms with Crippen molar-refractivity contribution in [2.24, 2.45) is 0 Å². The molecular weight excluding hydrogens is 248 g/mol. The molecule has 2 rings (SSSR count). The third kappa shape index (κ3) is 3.23. The summed E-state index contributed by atoms with van der Waals surface area (Å²) in [6.07, 6.45) is 0.309. The number of amides is 1. The van der Waals surface area contributed by atoms with Crippen LogP contribution >= 0.6 is 0 Å². The van der Waals surface area contributed by atoms with E-state index in [1.165, 1.54) is 0 Å². The second kappa shape index (κ2) is 5.16. The molecule has 0 atom stereocenters. The van der Waals surface area contributed by atoms with Crippen LogP contribution in [0.25, 0.3) is 0 Å². The average molecular weight is 268 g/mol. The fourth-order valence-corrected chi connectivity index (χ4v) is 2.01. The Kier molecular flexibility index (Phi) is 3.75. The maximum Gasteiger partial charge on any atom is 0.410 e. The molecule has 0 saturated heterocycles. The number of carbonyl (C=O) groups excluding carboxylic acids is 1. The predicted octanol–water partition coefficient (Wildman–Crippen LogP) is 0.564. The number of aromatic nitrogens is 3. The zero-order valence-electron chi connectivity index (χ0n) is 11.6. The van der Waals surface area contributed by atoms with Crippen molar-refractivity contribution in [3.8, 4) is 0 Å². The molecule has 1 aliphatic heterocycles. The molecule has 0 spiro atoms. The molecule has 0 aromatic carbocycles. The quantitative estimate of drug-likeness (QED) is 0.805. The molecule has 1 aliphatic rings. The van der Waals surface area contributed by atoms with Gasteiger partial charge < -0.3 is 19.3 Å². The number of ether oxygens (including phenoxy) is 1. The van der Waals surface area contributed by atoms with Crippen LogP contribution < -0.4 is 0 Å². The van der Waals surface area contributed by atoms with E-state index in [0.717, 1.165) is 5.82 Å². The molecule has 0 aliphatic carbocycles. The van der Waals surface area contributed by atoms with Crippen molar-refractivity contribution in [3.05, 3.63) is 11.6 Å². The van der Waals surface area contributed by atoms with Crippen LogP contribution in [0.15, 0.2) is 0 Å². The van der Waals surface area contributed by atoms with Gasteiger partial charge >= 0.3 is 6.09 Å². The van der Waals surface area contributed by atoms with E-state index in [9.17, 15) is 9.90 Å². The van der Waals surface area contributed by atoms with E-state index in [0.29, 0.717) is 31.9 Å².